The number of hydrogen-bond donors (Lipinski definition) is 2. The molecule has 2 N–H and O–H groups in total. The van der Waals surface area contributed by atoms with Gasteiger partial charge in [-0.3, -0.25) is 4.79 Å². The largest absolute Gasteiger partial charge is 0.326 e. The van der Waals surface area contributed by atoms with Crippen LogP contribution >= 0.6 is 0 Å². The van der Waals surface area contributed by atoms with Crippen molar-refractivity contribution in [3.63, 3.8) is 0 Å². The average Bonchev–Trinajstić information content (AvgIpc) is 3.00. The van der Waals surface area contributed by atoms with Gasteiger partial charge < -0.3 is 10.6 Å². The fourth-order valence-corrected chi connectivity index (χ4v) is 3.45. The number of anilines is 1. The van der Waals surface area contributed by atoms with Crippen molar-refractivity contribution in [2.45, 2.75) is 19.3 Å². The molecule has 2 fully saturated rings. The minimum atomic E-state index is 0.159. The second kappa shape index (κ2) is 5.21. The topological polar surface area (TPSA) is 71.8 Å². The average molecular weight is 297 g/mol. The van der Waals surface area contributed by atoms with Crippen molar-refractivity contribution < 1.29 is 4.79 Å². The van der Waals surface area contributed by atoms with E-state index in [9.17, 15) is 4.79 Å². The van der Waals surface area contributed by atoms with Crippen molar-refractivity contribution in [2.75, 3.05) is 18.4 Å². The molecule has 1 aromatic heterocycles. The summed E-state index contributed by atoms with van der Waals surface area (Å²) < 4.78 is 0. The molecule has 1 aliphatic heterocycles. The standard InChI is InChI=1S/C16H19N5O/c22-15(14-11-16(14)5-7-17-8-6-16)20-12-1-3-13(4-2-12)21-18-9-10-19-21/h1-4,9-10,14,17H,5-8,11H2,(H,20,22). The maximum Gasteiger partial charge on any atom is 0.228 e. The smallest absolute Gasteiger partial charge is 0.228 e. The molecule has 2 aliphatic rings. The zero-order valence-corrected chi connectivity index (χ0v) is 12.3. The highest BCUT2D eigenvalue weighted by molar-refractivity contribution is 5.95. The Bertz CT molecular complexity index is 658. The number of rotatable bonds is 3. The van der Waals surface area contributed by atoms with Gasteiger partial charge in [-0.2, -0.15) is 15.0 Å². The summed E-state index contributed by atoms with van der Waals surface area (Å²) in [5, 5.41) is 14.6. The van der Waals surface area contributed by atoms with Crippen LogP contribution in [0.3, 0.4) is 0 Å². The molecular formula is C16H19N5O. The van der Waals surface area contributed by atoms with Crippen molar-refractivity contribution in [2.24, 2.45) is 11.3 Å². The van der Waals surface area contributed by atoms with Crippen LogP contribution in [0.5, 0.6) is 0 Å². The summed E-state index contributed by atoms with van der Waals surface area (Å²) >= 11 is 0. The first-order chi connectivity index (χ1) is 10.8. The van der Waals surface area contributed by atoms with E-state index in [0.29, 0.717) is 0 Å². The van der Waals surface area contributed by atoms with E-state index in [4.69, 9.17) is 0 Å². The molecule has 2 heterocycles. The quantitative estimate of drug-likeness (QED) is 0.902. The first-order valence-electron chi connectivity index (χ1n) is 7.75. The molecule has 1 spiro atoms. The Morgan fingerprint density at radius 2 is 1.86 bits per heavy atom. The van der Waals surface area contributed by atoms with Crippen LogP contribution in [0, 0.1) is 11.3 Å². The van der Waals surface area contributed by atoms with Gasteiger partial charge in [-0.1, -0.05) is 0 Å². The third kappa shape index (κ3) is 2.39. The maximum absolute atomic E-state index is 12.4. The van der Waals surface area contributed by atoms with Gasteiger partial charge in [0, 0.05) is 11.6 Å². The van der Waals surface area contributed by atoms with Gasteiger partial charge in [0.05, 0.1) is 18.1 Å². The fourth-order valence-electron chi connectivity index (χ4n) is 3.45. The lowest BCUT2D eigenvalue weighted by Gasteiger charge is -2.23. The first kappa shape index (κ1) is 13.5. The lowest BCUT2D eigenvalue weighted by Crippen LogP contribution is -2.31. The number of aromatic nitrogens is 3. The lowest BCUT2D eigenvalue weighted by atomic mass is 9.92. The molecule has 0 radical (unpaired) electrons. The van der Waals surface area contributed by atoms with Crippen LogP contribution in [0.25, 0.3) is 5.69 Å². The maximum atomic E-state index is 12.4. The molecule has 1 unspecified atom stereocenters. The third-order valence-electron chi connectivity index (χ3n) is 4.89. The van der Waals surface area contributed by atoms with E-state index in [1.54, 1.807) is 17.2 Å². The van der Waals surface area contributed by atoms with Crippen molar-refractivity contribution in [1.82, 2.24) is 20.3 Å². The predicted molar refractivity (Wildman–Crippen MR) is 82.6 cm³/mol. The number of carbonyl (C=O) groups excluding carboxylic acids is 1. The van der Waals surface area contributed by atoms with Crippen molar-refractivity contribution in [3.05, 3.63) is 36.7 Å². The van der Waals surface area contributed by atoms with Crippen LogP contribution in [-0.2, 0) is 4.79 Å². The second-order valence-electron chi connectivity index (χ2n) is 6.22. The van der Waals surface area contributed by atoms with E-state index < -0.39 is 0 Å². The zero-order valence-electron chi connectivity index (χ0n) is 12.3. The van der Waals surface area contributed by atoms with Crippen molar-refractivity contribution >= 4 is 11.6 Å². The van der Waals surface area contributed by atoms with Gasteiger partial charge in [0.1, 0.15) is 0 Å². The van der Waals surface area contributed by atoms with Crippen LogP contribution in [0.4, 0.5) is 5.69 Å². The summed E-state index contributed by atoms with van der Waals surface area (Å²) in [6.07, 6.45) is 6.56. The van der Waals surface area contributed by atoms with Gasteiger partial charge in [-0.05, 0) is 62.0 Å². The molecule has 2 aromatic rings. The van der Waals surface area contributed by atoms with Crippen LogP contribution in [0.15, 0.2) is 36.7 Å². The van der Waals surface area contributed by atoms with E-state index in [1.165, 1.54) is 0 Å². The zero-order chi connectivity index (χ0) is 15.0. The summed E-state index contributed by atoms with van der Waals surface area (Å²) in [6.45, 7) is 2.07. The normalized spacial score (nSPS) is 22.5. The predicted octanol–water partition coefficient (Wildman–Crippen LogP) is 1.60. The minimum Gasteiger partial charge on any atom is -0.326 e. The van der Waals surface area contributed by atoms with Crippen molar-refractivity contribution in [3.8, 4) is 5.69 Å². The number of nitrogens with zero attached hydrogens (tertiary/aromatic N) is 3. The molecule has 4 rings (SSSR count). The third-order valence-corrected chi connectivity index (χ3v) is 4.89. The Kier molecular flexibility index (Phi) is 3.18. The molecule has 1 saturated carbocycles. The second-order valence-corrected chi connectivity index (χ2v) is 6.22. The summed E-state index contributed by atoms with van der Waals surface area (Å²) in [7, 11) is 0. The van der Waals surface area contributed by atoms with Gasteiger partial charge >= 0.3 is 0 Å². The molecule has 1 aliphatic carbocycles. The molecule has 0 bridgehead atoms. The fraction of sp³-hybridized carbons (Fsp3) is 0.438. The SMILES string of the molecule is O=C(Nc1ccc(-n2nccn2)cc1)C1CC12CCNCC2. The molecule has 6 nitrogen and oxygen atoms in total. The summed E-state index contributed by atoms with van der Waals surface area (Å²) in [5.74, 6) is 0.342. The molecule has 114 valence electrons. The summed E-state index contributed by atoms with van der Waals surface area (Å²) in [5.41, 5.74) is 1.98. The molecule has 1 atom stereocenters. The molecule has 1 saturated heterocycles. The Morgan fingerprint density at radius 1 is 1.18 bits per heavy atom. The Morgan fingerprint density at radius 3 is 2.55 bits per heavy atom. The first-order valence-corrected chi connectivity index (χ1v) is 7.75. The number of amides is 1. The number of nitrogens with one attached hydrogen (secondary N) is 2. The summed E-state index contributed by atoms with van der Waals surface area (Å²) in [4.78, 5) is 14.0. The van der Waals surface area contributed by atoms with Gasteiger partial charge in [0.15, 0.2) is 0 Å². The van der Waals surface area contributed by atoms with E-state index in [1.807, 2.05) is 24.3 Å². The molecule has 1 amide bonds. The number of carbonyl (C=O) groups is 1. The highest BCUT2D eigenvalue weighted by Gasteiger charge is 2.57. The van der Waals surface area contributed by atoms with Crippen LogP contribution in [0.1, 0.15) is 19.3 Å². The monoisotopic (exact) mass is 297 g/mol. The van der Waals surface area contributed by atoms with E-state index >= 15 is 0 Å². The van der Waals surface area contributed by atoms with E-state index in [2.05, 4.69) is 20.8 Å². The highest BCUT2D eigenvalue weighted by atomic mass is 16.2. The van der Waals surface area contributed by atoms with Gasteiger partial charge in [0.2, 0.25) is 5.91 Å². The van der Waals surface area contributed by atoms with Crippen LogP contribution < -0.4 is 10.6 Å². The van der Waals surface area contributed by atoms with Crippen LogP contribution in [-0.4, -0.2) is 34.0 Å². The minimum absolute atomic E-state index is 0.159. The summed E-state index contributed by atoms with van der Waals surface area (Å²) in [6, 6.07) is 7.60. The van der Waals surface area contributed by atoms with Gasteiger partial charge in [-0.15, -0.1) is 0 Å². The molecule has 6 heteroatoms. The number of benzene rings is 1. The van der Waals surface area contributed by atoms with E-state index in [0.717, 1.165) is 43.7 Å². The van der Waals surface area contributed by atoms with E-state index in [-0.39, 0.29) is 17.2 Å². The Hall–Kier alpha value is -2.21. The van der Waals surface area contributed by atoms with Crippen molar-refractivity contribution in [1.29, 1.82) is 0 Å². The van der Waals surface area contributed by atoms with Gasteiger partial charge in [-0.25, -0.2) is 0 Å². The molecule has 1 aromatic carbocycles. The molecule has 22 heavy (non-hydrogen) atoms. The molecular weight excluding hydrogens is 278 g/mol. The van der Waals surface area contributed by atoms with Gasteiger partial charge in [0.25, 0.3) is 0 Å². The Labute approximate surface area is 128 Å². The number of piperidine rings is 1. The Balaban J connectivity index is 1.40. The van der Waals surface area contributed by atoms with Crippen LogP contribution in [0.2, 0.25) is 0 Å². The highest BCUT2D eigenvalue weighted by Crippen LogP contribution is 2.58. The number of hydrogen-bond acceptors (Lipinski definition) is 4. The lowest BCUT2D eigenvalue weighted by molar-refractivity contribution is -0.118.